The van der Waals surface area contributed by atoms with Crippen LogP contribution in [0.5, 0.6) is 5.75 Å². The molecule has 20 heavy (non-hydrogen) atoms. The van der Waals surface area contributed by atoms with Gasteiger partial charge in [-0.2, -0.15) is 0 Å². The van der Waals surface area contributed by atoms with Gasteiger partial charge < -0.3 is 10.5 Å². The lowest BCUT2D eigenvalue weighted by Crippen LogP contribution is -2.36. The van der Waals surface area contributed by atoms with Gasteiger partial charge in [-0.15, -0.1) is 0 Å². The van der Waals surface area contributed by atoms with Crippen LogP contribution in [-0.4, -0.2) is 32.6 Å². The van der Waals surface area contributed by atoms with Gasteiger partial charge in [-0.25, -0.2) is 8.42 Å². The Hall–Kier alpha value is -1.31. The maximum absolute atomic E-state index is 12.7. The second kappa shape index (κ2) is 5.23. The second-order valence-corrected chi connectivity index (χ2v) is 6.83. The minimum atomic E-state index is -3.72. The lowest BCUT2D eigenvalue weighted by Gasteiger charge is -2.27. The zero-order valence-electron chi connectivity index (χ0n) is 11.2. The van der Waals surface area contributed by atoms with Crippen molar-refractivity contribution in [1.29, 1.82) is 0 Å². The highest BCUT2D eigenvalue weighted by Gasteiger charge is 2.32. The van der Waals surface area contributed by atoms with Crippen LogP contribution < -0.4 is 10.5 Å². The molecule has 0 radical (unpaired) electrons. The molecule has 0 aromatic heterocycles. The first kappa shape index (κ1) is 13.7. The van der Waals surface area contributed by atoms with Crippen molar-refractivity contribution < 1.29 is 18.0 Å². The van der Waals surface area contributed by atoms with Crippen LogP contribution in [0.3, 0.4) is 0 Å². The number of nitrogen functional groups attached to an aromatic ring is 1. The van der Waals surface area contributed by atoms with Gasteiger partial charge in [-0.05, 0) is 43.4 Å². The quantitative estimate of drug-likeness (QED) is 0.832. The van der Waals surface area contributed by atoms with Crippen molar-refractivity contribution in [2.75, 3.05) is 25.5 Å². The van der Waals surface area contributed by atoms with E-state index in [1.165, 1.54) is 6.07 Å². The summed E-state index contributed by atoms with van der Waals surface area (Å²) in [5, 5.41) is 0. The van der Waals surface area contributed by atoms with Crippen molar-refractivity contribution >= 4 is 15.7 Å². The maximum Gasteiger partial charge on any atom is 0.268 e. The first-order valence-corrected chi connectivity index (χ1v) is 8.24. The van der Waals surface area contributed by atoms with Crippen molar-refractivity contribution in [3.63, 3.8) is 0 Å². The molecule has 0 bridgehead atoms. The zero-order chi connectivity index (χ0) is 14.2. The highest BCUT2D eigenvalue weighted by atomic mass is 32.2. The maximum atomic E-state index is 12.7. The molecule has 0 amide bonds. The van der Waals surface area contributed by atoms with Gasteiger partial charge in [0.1, 0.15) is 10.6 Å². The molecule has 0 unspecified atom stereocenters. The number of benzene rings is 1. The second-order valence-electron chi connectivity index (χ2n) is 5.03. The summed E-state index contributed by atoms with van der Waals surface area (Å²) in [6.45, 7) is 1.32. The van der Waals surface area contributed by atoms with Gasteiger partial charge in [0, 0.05) is 12.2 Å². The third-order valence-corrected chi connectivity index (χ3v) is 5.19. The largest absolute Gasteiger partial charge is 0.492 e. The summed E-state index contributed by atoms with van der Waals surface area (Å²) < 4.78 is 32.0. The molecule has 1 aromatic carbocycles. The van der Waals surface area contributed by atoms with Gasteiger partial charge in [-0.1, -0.05) is 4.47 Å². The van der Waals surface area contributed by atoms with Gasteiger partial charge >= 0.3 is 0 Å². The summed E-state index contributed by atoms with van der Waals surface area (Å²) in [7, 11) is -3.72. The molecule has 3 rings (SSSR count). The average molecular weight is 298 g/mol. The Morgan fingerprint density at radius 1 is 1.15 bits per heavy atom. The molecular weight excluding hydrogens is 280 g/mol. The van der Waals surface area contributed by atoms with Crippen LogP contribution in [0.4, 0.5) is 5.69 Å². The van der Waals surface area contributed by atoms with Gasteiger partial charge in [-0.3, -0.25) is 4.84 Å². The molecular formula is C13H18N2O4S. The summed E-state index contributed by atoms with van der Waals surface area (Å²) in [6.07, 6.45) is 3.32. The minimum Gasteiger partial charge on any atom is -0.492 e. The summed E-state index contributed by atoms with van der Waals surface area (Å²) in [5.74, 6) is 0.430. The minimum absolute atomic E-state index is 0.120. The van der Waals surface area contributed by atoms with Gasteiger partial charge in [0.25, 0.3) is 10.0 Å². The van der Waals surface area contributed by atoms with Crippen LogP contribution in [-0.2, 0) is 21.3 Å². The topological polar surface area (TPSA) is 81.9 Å². The summed E-state index contributed by atoms with van der Waals surface area (Å²) in [6, 6.07) is 3.24. The average Bonchev–Trinajstić information content (AvgIpc) is 2.47. The molecule has 0 atom stereocenters. The van der Waals surface area contributed by atoms with Gasteiger partial charge in [0.15, 0.2) is 0 Å². The molecule has 0 aliphatic carbocycles. The van der Waals surface area contributed by atoms with E-state index in [9.17, 15) is 8.42 Å². The summed E-state index contributed by atoms with van der Waals surface area (Å²) in [4.78, 5) is 5.40. The number of hydrogen-bond acceptors (Lipinski definition) is 5. The number of nitrogens with zero attached hydrogens (tertiary/aromatic N) is 1. The summed E-state index contributed by atoms with van der Waals surface area (Å²) >= 11 is 0. The highest BCUT2D eigenvalue weighted by molar-refractivity contribution is 7.89. The van der Waals surface area contributed by atoms with E-state index < -0.39 is 10.0 Å². The monoisotopic (exact) mass is 298 g/mol. The molecule has 2 aliphatic heterocycles. The zero-order valence-corrected chi connectivity index (χ0v) is 12.0. The molecule has 1 aromatic rings. The third-order valence-electron chi connectivity index (χ3n) is 3.51. The molecule has 1 saturated heterocycles. The normalized spacial score (nSPS) is 20.2. The molecule has 2 N–H and O–H groups in total. The van der Waals surface area contributed by atoms with E-state index in [0.29, 0.717) is 31.2 Å². The number of fused-ring (bicyclic) bond motifs is 1. The highest BCUT2D eigenvalue weighted by Crippen LogP contribution is 2.36. The first-order chi connectivity index (χ1) is 9.59. The Morgan fingerprint density at radius 2 is 2.00 bits per heavy atom. The molecule has 0 spiro atoms. The van der Waals surface area contributed by atoms with Crippen molar-refractivity contribution in [3.8, 4) is 5.75 Å². The van der Waals surface area contributed by atoms with Crippen molar-refractivity contribution in [3.05, 3.63) is 17.7 Å². The van der Waals surface area contributed by atoms with Crippen LogP contribution in [0.15, 0.2) is 17.0 Å². The van der Waals surface area contributed by atoms with Crippen LogP contribution in [0.2, 0.25) is 0 Å². The lowest BCUT2D eigenvalue weighted by atomic mass is 10.1. The molecule has 110 valence electrons. The number of hydrogen-bond donors (Lipinski definition) is 1. The van der Waals surface area contributed by atoms with Crippen LogP contribution in [0.1, 0.15) is 24.8 Å². The van der Waals surface area contributed by atoms with E-state index >= 15 is 0 Å². The molecule has 7 heteroatoms. The van der Waals surface area contributed by atoms with Crippen LogP contribution >= 0.6 is 0 Å². The van der Waals surface area contributed by atoms with Crippen LogP contribution in [0.25, 0.3) is 0 Å². The molecule has 2 heterocycles. The van der Waals surface area contributed by atoms with Crippen molar-refractivity contribution in [2.24, 2.45) is 0 Å². The number of sulfonamides is 1. The van der Waals surface area contributed by atoms with E-state index in [-0.39, 0.29) is 4.90 Å². The van der Waals surface area contributed by atoms with E-state index in [2.05, 4.69) is 0 Å². The summed E-state index contributed by atoms with van der Waals surface area (Å²) in [5.41, 5.74) is 7.12. The number of ether oxygens (including phenoxy) is 1. The number of anilines is 1. The Bertz CT molecular complexity index is 609. The Labute approximate surface area is 118 Å². The van der Waals surface area contributed by atoms with E-state index in [4.69, 9.17) is 15.3 Å². The fourth-order valence-electron chi connectivity index (χ4n) is 2.53. The molecule has 1 fully saturated rings. The lowest BCUT2D eigenvalue weighted by molar-refractivity contribution is -0.108. The van der Waals surface area contributed by atoms with E-state index in [1.807, 2.05) is 0 Å². The Morgan fingerprint density at radius 3 is 2.75 bits per heavy atom. The first-order valence-electron chi connectivity index (χ1n) is 6.80. The predicted molar refractivity (Wildman–Crippen MR) is 73.7 cm³/mol. The molecule has 0 saturated carbocycles. The fourth-order valence-corrected chi connectivity index (χ4v) is 4.05. The van der Waals surface area contributed by atoms with E-state index in [1.54, 1.807) is 6.07 Å². The predicted octanol–water partition coefficient (Wildman–Crippen LogP) is 1.31. The molecule has 6 nitrogen and oxygen atoms in total. The van der Waals surface area contributed by atoms with Gasteiger partial charge in [0.05, 0.1) is 13.2 Å². The third kappa shape index (κ3) is 2.36. The van der Waals surface area contributed by atoms with Crippen molar-refractivity contribution in [2.45, 2.75) is 30.6 Å². The van der Waals surface area contributed by atoms with Crippen molar-refractivity contribution in [1.82, 2.24) is 4.47 Å². The number of hydroxylamine groups is 1. The van der Waals surface area contributed by atoms with Crippen LogP contribution in [0, 0.1) is 0 Å². The molecule has 2 aliphatic rings. The standard InChI is InChI=1S/C13H18N2O4S/c14-11-8-10-4-3-6-18-13(10)12(9-11)20(16,17)15-5-1-2-7-19-15/h8-9H,1-7,14H2. The number of aryl methyl sites for hydroxylation is 1. The SMILES string of the molecule is Nc1cc2c(c(S(=O)(=O)N3CCCCO3)c1)OCCC2. The Kier molecular flexibility index (Phi) is 3.57. The fraction of sp³-hybridized carbons (Fsp3) is 0.538. The van der Waals surface area contributed by atoms with Gasteiger partial charge in [0.2, 0.25) is 0 Å². The Balaban J connectivity index is 2.06. The number of nitrogens with two attached hydrogens (primary N) is 1. The number of rotatable bonds is 2. The van der Waals surface area contributed by atoms with E-state index in [0.717, 1.165) is 35.7 Å². The smallest absolute Gasteiger partial charge is 0.268 e.